The van der Waals surface area contributed by atoms with Gasteiger partial charge in [0.05, 0.1) is 5.60 Å². The zero-order valence-corrected chi connectivity index (χ0v) is 7.84. The zero-order chi connectivity index (χ0) is 8.77. The van der Waals surface area contributed by atoms with Gasteiger partial charge >= 0.3 is 0 Å². The Hall–Kier alpha value is -0.300. The van der Waals surface area contributed by atoms with Crippen LogP contribution in [0.3, 0.4) is 0 Å². The van der Waals surface area contributed by atoms with Gasteiger partial charge in [0.2, 0.25) is 0 Å². The fourth-order valence-corrected chi connectivity index (χ4v) is 2.96. The van der Waals surface area contributed by atoms with Crippen molar-refractivity contribution in [3.63, 3.8) is 0 Å². The van der Waals surface area contributed by atoms with E-state index in [9.17, 15) is 5.11 Å². The highest BCUT2D eigenvalue weighted by Gasteiger charge is 2.53. The molecule has 1 nitrogen and oxygen atoms in total. The summed E-state index contributed by atoms with van der Waals surface area (Å²) >= 11 is 0. The van der Waals surface area contributed by atoms with Crippen LogP contribution in [0, 0.1) is 11.8 Å². The van der Waals surface area contributed by atoms with Crippen molar-refractivity contribution in [1.29, 1.82) is 0 Å². The first-order chi connectivity index (χ1) is 5.64. The van der Waals surface area contributed by atoms with E-state index in [2.05, 4.69) is 6.58 Å². The van der Waals surface area contributed by atoms with E-state index in [0.717, 1.165) is 17.9 Å². The molecule has 0 heterocycles. The Labute approximate surface area is 74.5 Å². The van der Waals surface area contributed by atoms with Crippen LogP contribution >= 0.6 is 0 Å². The van der Waals surface area contributed by atoms with Crippen molar-refractivity contribution in [2.24, 2.45) is 11.8 Å². The predicted octanol–water partition coefficient (Wildman–Crippen LogP) is 2.50. The van der Waals surface area contributed by atoms with Crippen molar-refractivity contribution in [3.05, 3.63) is 12.2 Å². The highest BCUT2D eigenvalue weighted by atomic mass is 16.3. The molecule has 0 aliphatic heterocycles. The van der Waals surface area contributed by atoms with Crippen molar-refractivity contribution in [2.75, 3.05) is 0 Å². The SMILES string of the molecule is C=C(C)[C@@]1(O)C[C@@H]2CCCC[C@@H]21. The smallest absolute Gasteiger partial charge is 0.0884 e. The summed E-state index contributed by atoms with van der Waals surface area (Å²) in [7, 11) is 0. The molecule has 68 valence electrons. The summed E-state index contributed by atoms with van der Waals surface area (Å²) in [6.07, 6.45) is 6.20. The molecule has 0 amide bonds. The summed E-state index contributed by atoms with van der Waals surface area (Å²) in [6.45, 7) is 5.85. The standard InChI is InChI=1S/C11H18O/c1-8(2)11(12)7-9-5-3-4-6-10(9)11/h9-10,12H,1,3-7H2,2H3/t9-,10-,11-/m0/s1. The lowest BCUT2D eigenvalue weighted by atomic mass is 9.54. The lowest BCUT2D eigenvalue weighted by Crippen LogP contribution is -2.55. The molecule has 2 rings (SSSR count). The molecule has 2 aliphatic carbocycles. The molecular formula is C11H18O. The number of aliphatic hydroxyl groups is 1. The van der Waals surface area contributed by atoms with E-state index in [0.29, 0.717) is 5.92 Å². The highest BCUT2D eigenvalue weighted by molar-refractivity contribution is 5.20. The number of hydrogen-bond donors (Lipinski definition) is 1. The Morgan fingerprint density at radius 3 is 2.67 bits per heavy atom. The molecule has 0 unspecified atom stereocenters. The second kappa shape index (κ2) is 2.59. The zero-order valence-electron chi connectivity index (χ0n) is 7.84. The molecule has 0 radical (unpaired) electrons. The largest absolute Gasteiger partial charge is 0.385 e. The van der Waals surface area contributed by atoms with E-state index in [1.54, 1.807) is 0 Å². The quantitative estimate of drug-likeness (QED) is 0.593. The van der Waals surface area contributed by atoms with Gasteiger partial charge in [0.25, 0.3) is 0 Å². The molecule has 0 spiro atoms. The van der Waals surface area contributed by atoms with Gasteiger partial charge in [0.15, 0.2) is 0 Å². The molecule has 12 heavy (non-hydrogen) atoms. The van der Waals surface area contributed by atoms with Crippen LogP contribution in [0.1, 0.15) is 39.0 Å². The van der Waals surface area contributed by atoms with Crippen molar-refractivity contribution < 1.29 is 5.11 Å². The summed E-state index contributed by atoms with van der Waals surface area (Å²) in [5.41, 5.74) is 0.496. The minimum absolute atomic E-state index is 0.481. The monoisotopic (exact) mass is 166 g/mol. The van der Waals surface area contributed by atoms with Gasteiger partial charge in [-0.2, -0.15) is 0 Å². The van der Waals surface area contributed by atoms with Gasteiger partial charge in [-0.3, -0.25) is 0 Å². The molecule has 0 aromatic rings. The Morgan fingerprint density at radius 2 is 2.08 bits per heavy atom. The summed E-state index contributed by atoms with van der Waals surface area (Å²) in [6, 6.07) is 0. The summed E-state index contributed by atoms with van der Waals surface area (Å²) < 4.78 is 0. The van der Waals surface area contributed by atoms with Gasteiger partial charge in [-0.1, -0.05) is 19.4 Å². The fourth-order valence-electron chi connectivity index (χ4n) is 2.96. The Bertz CT molecular complexity index is 209. The predicted molar refractivity (Wildman–Crippen MR) is 49.8 cm³/mol. The summed E-state index contributed by atoms with van der Waals surface area (Å²) in [5, 5.41) is 10.2. The van der Waals surface area contributed by atoms with Gasteiger partial charge < -0.3 is 5.11 Å². The van der Waals surface area contributed by atoms with Gasteiger partial charge in [0, 0.05) is 0 Å². The van der Waals surface area contributed by atoms with E-state index in [-0.39, 0.29) is 0 Å². The molecule has 0 bridgehead atoms. The average Bonchev–Trinajstić information content (AvgIpc) is 2.02. The van der Waals surface area contributed by atoms with E-state index >= 15 is 0 Å². The van der Waals surface area contributed by atoms with E-state index in [1.165, 1.54) is 25.7 Å². The van der Waals surface area contributed by atoms with Crippen LogP contribution in [-0.2, 0) is 0 Å². The van der Waals surface area contributed by atoms with Crippen LogP contribution in [0.25, 0.3) is 0 Å². The summed E-state index contributed by atoms with van der Waals surface area (Å²) in [4.78, 5) is 0. The van der Waals surface area contributed by atoms with Crippen molar-refractivity contribution in [3.8, 4) is 0 Å². The molecule has 1 heteroatoms. The molecule has 2 saturated carbocycles. The topological polar surface area (TPSA) is 20.2 Å². The first-order valence-electron chi connectivity index (χ1n) is 5.03. The van der Waals surface area contributed by atoms with E-state index < -0.39 is 5.60 Å². The third kappa shape index (κ3) is 0.957. The maximum Gasteiger partial charge on any atom is 0.0884 e. The minimum atomic E-state index is -0.481. The molecule has 0 saturated heterocycles. The first kappa shape index (κ1) is 8.31. The second-order valence-electron chi connectivity index (χ2n) is 4.56. The number of hydrogen-bond acceptors (Lipinski definition) is 1. The van der Waals surface area contributed by atoms with Crippen LogP contribution < -0.4 is 0 Å². The maximum atomic E-state index is 10.2. The number of rotatable bonds is 1. The van der Waals surface area contributed by atoms with Crippen molar-refractivity contribution >= 4 is 0 Å². The Morgan fingerprint density at radius 1 is 1.42 bits per heavy atom. The van der Waals surface area contributed by atoms with Gasteiger partial charge in [-0.05, 0) is 43.6 Å². The van der Waals surface area contributed by atoms with E-state index in [4.69, 9.17) is 0 Å². The van der Waals surface area contributed by atoms with E-state index in [1.807, 2.05) is 6.92 Å². The van der Waals surface area contributed by atoms with Crippen LogP contribution in [-0.4, -0.2) is 10.7 Å². The van der Waals surface area contributed by atoms with Crippen LogP contribution in [0.5, 0.6) is 0 Å². The van der Waals surface area contributed by atoms with Crippen molar-refractivity contribution in [2.45, 2.75) is 44.6 Å². The first-order valence-corrected chi connectivity index (χ1v) is 5.03. The molecule has 1 N–H and O–H groups in total. The molecule has 2 aliphatic rings. The highest BCUT2D eigenvalue weighted by Crippen LogP contribution is 2.54. The number of fused-ring (bicyclic) bond motifs is 1. The molecule has 3 atom stereocenters. The van der Waals surface area contributed by atoms with Crippen LogP contribution in [0.2, 0.25) is 0 Å². The maximum absolute atomic E-state index is 10.2. The Kier molecular flexibility index (Phi) is 1.80. The van der Waals surface area contributed by atoms with Gasteiger partial charge in [0.1, 0.15) is 0 Å². The lowest BCUT2D eigenvalue weighted by Gasteiger charge is -2.55. The minimum Gasteiger partial charge on any atom is -0.385 e. The Balaban J connectivity index is 2.09. The van der Waals surface area contributed by atoms with Crippen LogP contribution in [0.15, 0.2) is 12.2 Å². The molecule has 0 aromatic heterocycles. The molecule has 0 aromatic carbocycles. The summed E-state index contributed by atoms with van der Waals surface area (Å²) in [5.74, 6) is 1.35. The van der Waals surface area contributed by atoms with Gasteiger partial charge in [-0.25, -0.2) is 0 Å². The lowest BCUT2D eigenvalue weighted by molar-refractivity contribution is -0.126. The second-order valence-corrected chi connectivity index (χ2v) is 4.56. The fraction of sp³-hybridized carbons (Fsp3) is 0.818. The molecule has 2 fully saturated rings. The van der Waals surface area contributed by atoms with Crippen molar-refractivity contribution in [1.82, 2.24) is 0 Å². The molecular weight excluding hydrogens is 148 g/mol. The van der Waals surface area contributed by atoms with Gasteiger partial charge in [-0.15, -0.1) is 0 Å². The average molecular weight is 166 g/mol. The van der Waals surface area contributed by atoms with Crippen LogP contribution in [0.4, 0.5) is 0 Å². The normalized spacial score (nSPS) is 46.2. The third-order valence-corrected chi connectivity index (χ3v) is 3.83. The third-order valence-electron chi connectivity index (χ3n) is 3.83.